The summed E-state index contributed by atoms with van der Waals surface area (Å²) in [6.07, 6.45) is 0.335. The Morgan fingerprint density at radius 1 is 1.34 bits per heavy atom. The van der Waals surface area contributed by atoms with Gasteiger partial charge in [0.2, 0.25) is 5.88 Å². The number of pyridine rings is 1. The molecule has 2 aromatic heterocycles. The van der Waals surface area contributed by atoms with Crippen molar-refractivity contribution < 1.29 is 14.6 Å². The molecule has 0 radical (unpaired) electrons. The fourth-order valence-corrected chi connectivity index (χ4v) is 4.33. The van der Waals surface area contributed by atoms with Gasteiger partial charge in [0.1, 0.15) is 0 Å². The maximum absolute atomic E-state index is 12.7. The van der Waals surface area contributed by atoms with Crippen LogP contribution in [0.2, 0.25) is 0 Å². The van der Waals surface area contributed by atoms with Crippen LogP contribution < -0.4 is 4.74 Å². The van der Waals surface area contributed by atoms with Gasteiger partial charge in [-0.1, -0.05) is 0 Å². The number of carbonyl (C=O) groups is 1. The number of amides is 1. The first-order valence-electron chi connectivity index (χ1n) is 10.1. The highest BCUT2D eigenvalue weighted by Crippen LogP contribution is 2.30. The molecule has 0 saturated carbocycles. The Balaban J connectivity index is 1.49. The summed E-state index contributed by atoms with van der Waals surface area (Å²) in [6.45, 7) is 8.45. The average molecular weight is 399 g/mol. The van der Waals surface area contributed by atoms with Crippen molar-refractivity contribution in [3.8, 4) is 5.88 Å². The zero-order valence-electron chi connectivity index (χ0n) is 17.5. The van der Waals surface area contributed by atoms with Crippen molar-refractivity contribution in [1.29, 1.82) is 0 Å². The number of nitrogens with one attached hydrogen (secondary N) is 1. The second kappa shape index (κ2) is 7.76. The van der Waals surface area contributed by atoms with Gasteiger partial charge in [-0.2, -0.15) is 5.10 Å². The van der Waals surface area contributed by atoms with E-state index in [0.717, 1.165) is 35.6 Å². The second-order valence-electron chi connectivity index (χ2n) is 8.45. The van der Waals surface area contributed by atoms with Crippen LogP contribution in [-0.2, 0) is 19.5 Å². The van der Waals surface area contributed by atoms with Crippen LogP contribution in [0, 0.1) is 12.8 Å². The Kier molecular flexibility index (Phi) is 5.31. The predicted molar refractivity (Wildman–Crippen MR) is 108 cm³/mol. The minimum atomic E-state index is -0.404. The smallest absolute Gasteiger partial charge is 0.256 e. The first-order chi connectivity index (χ1) is 13.9. The van der Waals surface area contributed by atoms with Crippen LogP contribution in [-0.4, -0.2) is 68.3 Å². The number of aliphatic hydroxyl groups excluding tert-OH is 1. The summed E-state index contributed by atoms with van der Waals surface area (Å²) < 4.78 is 5.52. The molecule has 29 heavy (non-hydrogen) atoms. The number of β-amino-alcohol motifs (C(OH)–C–C–N with tert-alkyl or cyclic N) is 1. The minimum Gasteiger partial charge on any atom is -0.481 e. The van der Waals surface area contributed by atoms with E-state index in [4.69, 9.17) is 4.74 Å². The van der Waals surface area contributed by atoms with Gasteiger partial charge >= 0.3 is 0 Å². The van der Waals surface area contributed by atoms with Crippen molar-refractivity contribution in [3.05, 3.63) is 40.3 Å². The molecule has 0 bridgehead atoms. The standard InChI is InChI=1S/C21H29N5O3/c1-12(2)26-10-18-17(21(26)28)7-15(20(22-18)29-4)9-25-8-14(19(27)11-25)6-16-5-13(3)23-24-16/h5,7,12,14,19,27H,6,8-11H2,1-4H3,(H,23,24)/t14-,19-/m1/s1. The second-order valence-corrected chi connectivity index (χ2v) is 8.45. The van der Waals surface area contributed by atoms with Crippen molar-refractivity contribution in [2.75, 3.05) is 20.2 Å². The Hall–Kier alpha value is -2.45. The number of aromatic amines is 1. The fraction of sp³-hybridized carbons (Fsp3) is 0.571. The maximum Gasteiger partial charge on any atom is 0.256 e. The van der Waals surface area contributed by atoms with Crippen LogP contribution in [0.3, 0.4) is 0 Å². The summed E-state index contributed by atoms with van der Waals surface area (Å²) in [5.74, 6) is 0.715. The lowest BCUT2D eigenvalue weighted by Crippen LogP contribution is -2.30. The summed E-state index contributed by atoms with van der Waals surface area (Å²) >= 11 is 0. The highest BCUT2D eigenvalue weighted by Gasteiger charge is 2.35. The van der Waals surface area contributed by atoms with E-state index in [1.54, 1.807) is 7.11 Å². The number of ether oxygens (including phenoxy) is 1. The van der Waals surface area contributed by atoms with E-state index >= 15 is 0 Å². The molecule has 2 aliphatic heterocycles. The van der Waals surface area contributed by atoms with Crippen LogP contribution in [0.5, 0.6) is 5.88 Å². The van der Waals surface area contributed by atoms with Crippen molar-refractivity contribution in [1.82, 2.24) is 25.0 Å². The van der Waals surface area contributed by atoms with Gasteiger partial charge in [0.05, 0.1) is 36.7 Å². The van der Waals surface area contributed by atoms with Gasteiger partial charge in [-0.3, -0.25) is 14.8 Å². The van der Waals surface area contributed by atoms with E-state index in [-0.39, 0.29) is 17.9 Å². The molecular formula is C21H29N5O3. The van der Waals surface area contributed by atoms with E-state index in [0.29, 0.717) is 31.1 Å². The molecule has 156 valence electrons. The highest BCUT2D eigenvalue weighted by molar-refractivity contribution is 5.98. The number of rotatable bonds is 6. The quantitative estimate of drug-likeness (QED) is 0.765. The lowest BCUT2D eigenvalue weighted by Gasteiger charge is -2.19. The molecule has 0 unspecified atom stereocenters. The zero-order valence-corrected chi connectivity index (χ0v) is 17.5. The third-order valence-corrected chi connectivity index (χ3v) is 5.88. The lowest BCUT2D eigenvalue weighted by atomic mass is 10.0. The molecular weight excluding hydrogens is 370 g/mol. The Labute approximate surface area is 170 Å². The molecule has 2 atom stereocenters. The Morgan fingerprint density at radius 2 is 2.14 bits per heavy atom. The number of hydrogen-bond donors (Lipinski definition) is 2. The van der Waals surface area contributed by atoms with Gasteiger partial charge in [-0.05, 0) is 39.3 Å². The average Bonchev–Trinajstić information content (AvgIpc) is 3.33. The molecule has 2 N–H and O–H groups in total. The maximum atomic E-state index is 12.7. The molecule has 1 saturated heterocycles. The molecule has 2 aliphatic rings. The zero-order chi connectivity index (χ0) is 20.7. The van der Waals surface area contributed by atoms with E-state index in [1.165, 1.54) is 0 Å². The lowest BCUT2D eigenvalue weighted by molar-refractivity contribution is 0.0730. The Bertz CT molecular complexity index is 910. The number of hydrogen-bond acceptors (Lipinski definition) is 6. The third-order valence-electron chi connectivity index (χ3n) is 5.88. The first-order valence-corrected chi connectivity index (χ1v) is 10.1. The van der Waals surface area contributed by atoms with E-state index in [2.05, 4.69) is 20.1 Å². The number of nitrogens with zero attached hydrogens (tertiary/aromatic N) is 4. The van der Waals surface area contributed by atoms with Crippen LogP contribution in [0.25, 0.3) is 0 Å². The number of aliphatic hydroxyl groups is 1. The molecule has 4 rings (SSSR count). The monoisotopic (exact) mass is 399 g/mol. The number of aromatic nitrogens is 3. The van der Waals surface area contributed by atoms with Crippen LogP contribution >= 0.6 is 0 Å². The van der Waals surface area contributed by atoms with E-state index < -0.39 is 6.10 Å². The fourth-order valence-electron chi connectivity index (χ4n) is 4.33. The molecule has 8 heteroatoms. The number of methoxy groups -OCH3 is 1. The summed E-state index contributed by atoms with van der Waals surface area (Å²) in [4.78, 5) is 21.4. The summed E-state index contributed by atoms with van der Waals surface area (Å²) in [5, 5.41) is 17.8. The predicted octanol–water partition coefficient (Wildman–Crippen LogP) is 1.52. The number of fused-ring (bicyclic) bond motifs is 1. The first kappa shape index (κ1) is 19.8. The molecule has 4 heterocycles. The number of carbonyl (C=O) groups excluding carboxylic acids is 1. The molecule has 0 spiro atoms. The molecule has 2 aromatic rings. The van der Waals surface area contributed by atoms with Crippen molar-refractivity contribution in [3.63, 3.8) is 0 Å². The number of likely N-dealkylation sites (tertiary alicyclic amines) is 1. The molecule has 1 fully saturated rings. The normalized spacial score (nSPS) is 22.0. The summed E-state index contributed by atoms with van der Waals surface area (Å²) in [5.41, 5.74) is 4.33. The van der Waals surface area contributed by atoms with E-state index in [1.807, 2.05) is 37.8 Å². The molecule has 1 amide bonds. The van der Waals surface area contributed by atoms with Crippen LogP contribution in [0.1, 0.15) is 46.9 Å². The van der Waals surface area contributed by atoms with Gasteiger partial charge in [0, 0.05) is 42.9 Å². The third kappa shape index (κ3) is 3.86. The van der Waals surface area contributed by atoms with Gasteiger partial charge < -0.3 is 14.7 Å². The minimum absolute atomic E-state index is 0.0274. The summed E-state index contributed by atoms with van der Waals surface area (Å²) in [7, 11) is 1.61. The SMILES string of the molecule is COc1nc2c(cc1CN1C[C@@H](Cc3cc(C)[nH]n3)[C@H](O)C1)C(=O)N(C(C)C)C2. The van der Waals surface area contributed by atoms with Gasteiger partial charge in [-0.15, -0.1) is 0 Å². The molecule has 8 nitrogen and oxygen atoms in total. The summed E-state index contributed by atoms with van der Waals surface area (Å²) in [6, 6.07) is 4.07. The van der Waals surface area contributed by atoms with Crippen molar-refractivity contribution in [2.24, 2.45) is 5.92 Å². The van der Waals surface area contributed by atoms with Crippen molar-refractivity contribution >= 4 is 5.91 Å². The largest absolute Gasteiger partial charge is 0.481 e. The number of H-pyrrole nitrogens is 1. The van der Waals surface area contributed by atoms with E-state index in [9.17, 15) is 9.90 Å². The molecule has 0 aromatic carbocycles. The van der Waals surface area contributed by atoms with Crippen LogP contribution in [0.4, 0.5) is 0 Å². The number of aryl methyl sites for hydroxylation is 1. The van der Waals surface area contributed by atoms with Crippen LogP contribution in [0.15, 0.2) is 12.1 Å². The van der Waals surface area contributed by atoms with Gasteiger partial charge in [0.25, 0.3) is 5.91 Å². The topological polar surface area (TPSA) is 94.6 Å². The van der Waals surface area contributed by atoms with Gasteiger partial charge in [-0.25, -0.2) is 4.98 Å². The van der Waals surface area contributed by atoms with Crippen molar-refractivity contribution in [2.45, 2.75) is 52.4 Å². The van der Waals surface area contributed by atoms with Gasteiger partial charge in [0.15, 0.2) is 0 Å². The Morgan fingerprint density at radius 3 is 2.79 bits per heavy atom. The molecule has 0 aliphatic carbocycles. The highest BCUT2D eigenvalue weighted by atomic mass is 16.5.